The van der Waals surface area contributed by atoms with Crippen LogP contribution in [0, 0.1) is 0 Å². The average Bonchev–Trinajstić information content (AvgIpc) is 3.20. The van der Waals surface area contributed by atoms with Gasteiger partial charge in [0.1, 0.15) is 11.2 Å². The molecule has 1 heterocycles. The van der Waals surface area contributed by atoms with Crippen molar-refractivity contribution >= 4 is 52.2 Å². The van der Waals surface area contributed by atoms with Gasteiger partial charge in [-0.05, 0) is 85.4 Å². The smallest absolute Gasteiger partial charge is 0.437 e. The van der Waals surface area contributed by atoms with E-state index in [0.717, 1.165) is 16.1 Å². The van der Waals surface area contributed by atoms with Gasteiger partial charge in [0.2, 0.25) is 11.9 Å². The van der Waals surface area contributed by atoms with Gasteiger partial charge >= 0.3 is 18.2 Å². The standard InChI is InChI=1S/C29H41N5O7S/c1-9-39-23(36)17-16-22-21(32-25(42-22)30-18(2)35)15-12-19-10-13-20(14-11-19)31-24(33-26(37)40-28(3,4)5)34-27(38)41-29(6,7)8/h10-11,13-14H,9,12,15-17H2,1-8H3,(H,30,32,35)(H2,31,33,34,37,38). The maximum atomic E-state index is 12.3. The van der Waals surface area contributed by atoms with Crippen LogP contribution in [0.4, 0.5) is 20.4 Å². The third-order valence-corrected chi connectivity index (χ3v) is 6.08. The number of nitrogens with one attached hydrogen (secondary N) is 3. The molecule has 3 N–H and O–H groups in total. The molecule has 0 fully saturated rings. The maximum absolute atomic E-state index is 12.3. The van der Waals surface area contributed by atoms with Crippen LogP contribution in [0.1, 0.15) is 77.9 Å². The van der Waals surface area contributed by atoms with Crippen LogP contribution >= 0.6 is 11.3 Å². The predicted octanol–water partition coefficient (Wildman–Crippen LogP) is 5.61. The van der Waals surface area contributed by atoms with Gasteiger partial charge in [0.05, 0.1) is 18.7 Å². The number of hydrogen-bond acceptors (Lipinski definition) is 9. The highest BCUT2D eigenvalue weighted by atomic mass is 32.1. The molecule has 1 aromatic carbocycles. The number of ether oxygens (including phenoxy) is 3. The number of aryl methyl sites for hydroxylation is 3. The number of nitrogens with zero attached hydrogens (tertiary/aromatic N) is 2. The summed E-state index contributed by atoms with van der Waals surface area (Å²) >= 11 is 1.35. The molecule has 42 heavy (non-hydrogen) atoms. The second-order valence-corrected chi connectivity index (χ2v) is 12.3. The summed E-state index contributed by atoms with van der Waals surface area (Å²) in [6, 6.07) is 7.34. The lowest BCUT2D eigenvalue weighted by Gasteiger charge is -2.21. The van der Waals surface area contributed by atoms with Crippen molar-refractivity contribution < 1.29 is 33.4 Å². The summed E-state index contributed by atoms with van der Waals surface area (Å²) in [6.45, 7) is 13.8. The number of carbonyl (C=O) groups excluding carboxylic acids is 4. The average molecular weight is 604 g/mol. The Bertz CT molecular complexity index is 1270. The molecule has 0 atom stereocenters. The molecule has 230 valence electrons. The summed E-state index contributed by atoms with van der Waals surface area (Å²) in [6.07, 6.45) is 0.275. The first-order valence-electron chi connectivity index (χ1n) is 13.6. The van der Waals surface area contributed by atoms with Crippen molar-refractivity contribution in [2.45, 2.75) is 92.3 Å². The minimum atomic E-state index is -0.877. The van der Waals surface area contributed by atoms with E-state index in [1.807, 2.05) is 12.1 Å². The second kappa shape index (κ2) is 15.3. The molecule has 0 saturated heterocycles. The Morgan fingerprint density at radius 2 is 1.55 bits per heavy atom. The van der Waals surface area contributed by atoms with Crippen molar-refractivity contribution in [1.29, 1.82) is 0 Å². The fourth-order valence-electron chi connectivity index (χ4n) is 3.44. The molecule has 0 aliphatic heterocycles. The van der Waals surface area contributed by atoms with Crippen molar-refractivity contribution in [2.75, 3.05) is 17.2 Å². The van der Waals surface area contributed by atoms with Crippen LogP contribution in [0.15, 0.2) is 29.3 Å². The maximum Gasteiger partial charge on any atom is 0.437 e. The highest BCUT2D eigenvalue weighted by Gasteiger charge is 2.21. The minimum Gasteiger partial charge on any atom is -0.466 e. The number of alkyl carbamates (subject to hydrolysis) is 1. The number of aliphatic imine (C=N–C) groups is 1. The fourth-order valence-corrected chi connectivity index (χ4v) is 4.50. The highest BCUT2D eigenvalue weighted by Crippen LogP contribution is 2.26. The number of amides is 3. The molecule has 0 bridgehead atoms. The molecule has 1 aromatic heterocycles. The van der Waals surface area contributed by atoms with Crippen molar-refractivity contribution in [3.63, 3.8) is 0 Å². The second-order valence-electron chi connectivity index (χ2n) is 11.3. The van der Waals surface area contributed by atoms with Gasteiger partial charge in [0, 0.05) is 17.5 Å². The zero-order chi connectivity index (χ0) is 31.5. The number of anilines is 2. The van der Waals surface area contributed by atoms with E-state index < -0.39 is 23.4 Å². The summed E-state index contributed by atoms with van der Waals surface area (Å²) < 4.78 is 15.6. The Balaban J connectivity index is 2.13. The zero-order valence-electron chi connectivity index (χ0n) is 25.5. The molecule has 0 aliphatic carbocycles. The number of carbonyl (C=O) groups is 4. The number of guanidine groups is 1. The summed E-state index contributed by atoms with van der Waals surface area (Å²) in [4.78, 5) is 57.4. The summed E-state index contributed by atoms with van der Waals surface area (Å²) in [5.74, 6) is -0.645. The van der Waals surface area contributed by atoms with Gasteiger partial charge in [0.15, 0.2) is 5.13 Å². The largest absolute Gasteiger partial charge is 0.466 e. The highest BCUT2D eigenvalue weighted by molar-refractivity contribution is 7.15. The molecule has 2 rings (SSSR count). The number of aromatic nitrogens is 1. The van der Waals surface area contributed by atoms with Gasteiger partial charge in [0.25, 0.3) is 0 Å². The molecular weight excluding hydrogens is 562 g/mol. The number of benzene rings is 1. The number of rotatable bonds is 9. The first kappa shape index (κ1) is 34.2. The van der Waals surface area contributed by atoms with E-state index in [1.165, 1.54) is 18.3 Å². The minimum absolute atomic E-state index is 0.148. The molecule has 0 spiro atoms. The zero-order valence-corrected chi connectivity index (χ0v) is 26.3. The number of thiazole rings is 1. The van der Waals surface area contributed by atoms with Crippen molar-refractivity contribution in [3.05, 3.63) is 40.4 Å². The topological polar surface area (TPSA) is 157 Å². The normalized spacial score (nSPS) is 11.9. The summed E-state index contributed by atoms with van der Waals surface area (Å²) in [7, 11) is 0. The molecule has 12 nitrogen and oxygen atoms in total. The SMILES string of the molecule is CCOC(=O)CCc1sc(NC(C)=O)nc1CCc1ccc(NC(=NC(=O)OC(C)(C)C)NC(=O)OC(C)(C)C)cc1. The molecule has 13 heteroatoms. The Hall–Kier alpha value is -4.00. The van der Waals surface area contributed by atoms with E-state index in [1.54, 1.807) is 60.6 Å². The van der Waals surface area contributed by atoms with Gasteiger partial charge in [-0.1, -0.05) is 12.1 Å². The van der Waals surface area contributed by atoms with Crippen LogP contribution in [0.5, 0.6) is 0 Å². The van der Waals surface area contributed by atoms with Gasteiger partial charge in [-0.25, -0.2) is 14.6 Å². The lowest BCUT2D eigenvalue weighted by Crippen LogP contribution is -2.40. The molecule has 2 aromatic rings. The van der Waals surface area contributed by atoms with Crippen LogP contribution < -0.4 is 16.0 Å². The molecule has 0 unspecified atom stereocenters. The Labute approximate surface area is 250 Å². The van der Waals surface area contributed by atoms with E-state index in [9.17, 15) is 19.2 Å². The van der Waals surface area contributed by atoms with Crippen LogP contribution in [0.3, 0.4) is 0 Å². The van der Waals surface area contributed by atoms with Gasteiger partial charge < -0.3 is 24.8 Å². The van der Waals surface area contributed by atoms with Crippen LogP contribution in [0.2, 0.25) is 0 Å². The number of hydrogen-bond donors (Lipinski definition) is 3. The van der Waals surface area contributed by atoms with Crippen LogP contribution in [-0.2, 0) is 43.1 Å². The van der Waals surface area contributed by atoms with Crippen LogP contribution in [-0.4, -0.2) is 52.8 Å². The third kappa shape index (κ3) is 13.6. The van der Waals surface area contributed by atoms with E-state index in [-0.39, 0.29) is 24.3 Å². The number of esters is 1. The van der Waals surface area contributed by atoms with Gasteiger partial charge in [-0.15, -0.1) is 16.3 Å². The first-order valence-corrected chi connectivity index (χ1v) is 14.4. The van der Waals surface area contributed by atoms with Crippen LogP contribution in [0.25, 0.3) is 0 Å². The summed E-state index contributed by atoms with van der Waals surface area (Å²) in [5, 5.41) is 8.59. The predicted molar refractivity (Wildman–Crippen MR) is 162 cm³/mol. The summed E-state index contributed by atoms with van der Waals surface area (Å²) in [5.41, 5.74) is 0.855. The van der Waals surface area contributed by atoms with E-state index in [0.29, 0.717) is 36.7 Å². The lowest BCUT2D eigenvalue weighted by atomic mass is 10.1. The molecule has 0 aliphatic rings. The Morgan fingerprint density at radius 3 is 2.12 bits per heavy atom. The quantitative estimate of drug-likeness (QED) is 0.143. The fraction of sp³-hybridized carbons (Fsp3) is 0.517. The van der Waals surface area contributed by atoms with E-state index >= 15 is 0 Å². The first-order chi connectivity index (χ1) is 19.5. The van der Waals surface area contributed by atoms with E-state index in [2.05, 4.69) is 25.9 Å². The monoisotopic (exact) mass is 603 g/mol. The van der Waals surface area contributed by atoms with Gasteiger partial charge in [-0.2, -0.15) is 0 Å². The lowest BCUT2D eigenvalue weighted by molar-refractivity contribution is -0.143. The van der Waals surface area contributed by atoms with Crippen molar-refractivity contribution in [2.24, 2.45) is 4.99 Å². The third-order valence-electron chi connectivity index (χ3n) is 5.01. The van der Waals surface area contributed by atoms with Crippen molar-refractivity contribution in [3.8, 4) is 0 Å². The Kier molecular flexibility index (Phi) is 12.5. The molecule has 0 radical (unpaired) electrons. The Morgan fingerprint density at radius 1 is 0.905 bits per heavy atom. The van der Waals surface area contributed by atoms with Crippen molar-refractivity contribution in [1.82, 2.24) is 10.3 Å². The molecule has 0 saturated carbocycles. The molecular formula is C29H41N5O7S. The van der Waals surface area contributed by atoms with E-state index in [4.69, 9.17) is 14.2 Å². The van der Waals surface area contributed by atoms with Gasteiger partial charge in [-0.3, -0.25) is 14.9 Å². The molecule has 3 amide bonds.